The molecule has 33 heavy (non-hydrogen) atoms. The first-order valence-corrected chi connectivity index (χ1v) is 10.5. The Morgan fingerprint density at radius 3 is 2.55 bits per heavy atom. The second kappa shape index (κ2) is 8.84. The molecule has 2 aromatic heterocycles. The second-order valence-corrected chi connectivity index (χ2v) is 7.58. The molecule has 7 nitrogen and oxygen atoms in total. The fourth-order valence-electron chi connectivity index (χ4n) is 3.45. The standard InChI is InChI=1S/C26H21N5O2/c1-17-14-25(31-28-17)26(32)27-19-8-5-9-20(15-19)33-21-11-12-22-23(29-30-24(22)16-21)13-10-18-6-3-2-4-7-18/h2-16H,1H3,(H,27,32)(H,28,31)(H,29,30)/b13-10+. The van der Waals surface area contributed by atoms with Gasteiger partial charge in [-0.15, -0.1) is 0 Å². The predicted octanol–water partition coefficient (Wildman–Crippen LogP) is 5.81. The van der Waals surface area contributed by atoms with E-state index in [0.29, 0.717) is 22.9 Å². The van der Waals surface area contributed by atoms with Crippen molar-refractivity contribution in [3.63, 3.8) is 0 Å². The Kier molecular flexibility index (Phi) is 5.43. The third-order valence-corrected chi connectivity index (χ3v) is 5.06. The van der Waals surface area contributed by atoms with Crippen molar-refractivity contribution in [2.24, 2.45) is 0 Å². The molecule has 0 aliphatic carbocycles. The van der Waals surface area contributed by atoms with Gasteiger partial charge in [0.15, 0.2) is 5.69 Å². The Morgan fingerprint density at radius 2 is 1.73 bits per heavy atom. The van der Waals surface area contributed by atoms with Gasteiger partial charge in [0.25, 0.3) is 5.91 Å². The molecule has 2 heterocycles. The fraction of sp³-hybridized carbons (Fsp3) is 0.0385. The first-order chi connectivity index (χ1) is 16.1. The minimum absolute atomic E-state index is 0.286. The number of hydrogen-bond acceptors (Lipinski definition) is 4. The third kappa shape index (κ3) is 4.67. The van der Waals surface area contributed by atoms with Crippen LogP contribution in [0.4, 0.5) is 5.69 Å². The second-order valence-electron chi connectivity index (χ2n) is 7.58. The molecule has 0 saturated heterocycles. The molecule has 3 N–H and O–H groups in total. The van der Waals surface area contributed by atoms with E-state index in [0.717, 1.165) is 27.9 Å². The van der Waals surface area contributed by atoms with E-state index in [-0.39, 0.29) is 5.91 Å². The van der Waals surface area contributed by atoms with Crippen molar-refractivity contribution in [1.82, 2.24) is 20.4 Å². The van der Waals surface area contributed by atoms with Crippen molar-refractivity contribution in [2.45, 2.75) is 6.92 Å². The highest BCUT2D eigenvalue weighted by molar-refractivity contribution is 6.03. The van der Waals surface area contributed by atoms with Gasteiger partial charge in [-0.2, -0.15) is 10.2 Å². The topological polar surface area (TPSA) is 95.7 Å². The average molecular weight is 435 g/mol. The molecule has 7 heteroatoms. The van der Waals surface area contributed by atoms with E-state index in [1.54, 1.807) is 18.2 Å². The van der Waals surface area contributed by atoms with E-state index >= 15 is 0 Å². The molecule has 0 aliphatic rings. The minimum atomic E-state index is -0.286. The Labute approximate surface area is 190 Å². The van der Waals surface area contributed by atoms with Gasteiger partial charge < -0.3 is 10.1 Å². The lowest BCUT2D eigenvalue weighted by atomic mass is 10.1. The Balaban J connectivity index is 1.31. The van der Waals surface area contributed by atoms with Crippen LogP contribution >= 0.6 is 0 Å². The predicted molar refractivity (Wildman–Crippen MR) is 129 cm³/mol. The van der Waals surface area contributed by atoms with Crippen molar-refractivity contribution in [3.05, 3.63) is 102 Å². The third-order valence-electron chi connectivity index (χ3n) is 5.06. The van der Waals surface area contributed by atoms with E-state index in [1.165, 1.54) is 0 Å². The lowest BCUT2D eigenvalue weighted by Crippen LogP contribution is -2.12. The van der Waals surface area contributed by atoms with Crippen LogP contribution in [0.3, 0.4) is 0 Å². The molecule has 1 amide bonds. The Morgan fingerprint density at radius 1 is 0.879 bits per heavy atom. The zero-order valence-electron chi connectivity index (χ0n) is 17.9. The lowest BCUT2D eigenvalue weighted by molar-refractivity contribution is 0.102. The lowest BCUT2D eigenvalue weighted by Gasteiger charge is -2.08. The summed E-state index contributed by atoms with van der Waals surface area (Å²) in [5.74, 6) is 0.983. The number of nitrogens with one attached hydrogen (secondary N) is 3. The molecule has 5 rings (SSSR count). The molecule has 162 valence electrons. The summed E-state index contributed by atoms with van der Waals surface area (Å²) in [5, 5.41) is 18.1. The van der Waals surface area contributed by atoms with Crippen LogP contribution in [0.2, 0.25) is 0 Å². The number of benzene rings is 3. The number of carbonyl (C=O) groups excluding carboxylic acids is 1. The SMILES string of the molecule is Cc1cc(C(=O)Nc2cccc(Oc3ccc4c(/C=C/c5ccccc5)n[nH]c4c3)c2)n[nH]1. The van der Waals surface area contributed by atoms with Gasteiger partial charge in [0.1, 0.15) is 11.5 Å². The number of carbonyl (C=O) groups is 1. The summed E-state index contributed by atoms with van der Waals surface area (Å²) in [6.07, 6.45) is 4.02. The number of ether oxygens (including phenoxy) is 1. The van der Waals surface area contributed by atoms with Crippen molar-refractivity contribution >= 4 is 34.6 Å². The highest BCUT2D eigenvalue weighted by Crippen LogP contribution is 2.28. The number of aromatic nitrogens is 4. The number of rotatable bonds is 6. The molecule has 0 saturated carbocycles. The van der Waals surface area contributed by atoms with Crippen LogP contribution in [0.25, 0.3) is 23.1 Å². The number of H-pyrrole nitrogens is 2. The highest BCUT2D eigenvalue weighted by atomic mass is 16.5. The monoisotopic (exact) mass is 435 g/mol. The normalized spacial score (nSPS) is 11.2. The summed E-state index contributed by atoms with van der Waals surface area (Å²) < 4.78 is 6.02. The quantitative estimate of drug-likeness (QED) is 0.314. The molecule has 0 spiro atoms. The van der Waals surface area contributed by atoms with E-state index in [9.17, 15) is 4.79 Å². The number of fused-ring (bicyclic) bond motifs is 1. The summed E-state index contributed by atoms with van der Waals surface area (Å²) in [5.41, 5.74) is 4.63. The molecule has 0 fully saturated rings. The summed E-state index contributed by atoms with van der Waals surface area (Å²) in [6.45, 7) is 1.84. The molecule has 0 bridgehead atoms. The summed E-state index contributed by atoms with van der Waals surface area (Å²) >= 11 is 0. The van der Waals surface area contributed by atoms with Gasteiger partial charge in [0.05, 0.1) is 11.2 Å². The number of aryl methyl sites for hydroxylation is 1. The number of nitrogens with zero attached hydrogens (tertiary/aromatic N) is 2. The number of hydrogen-bond donors (Lipinski definition) is 3. The van der Waals surface area contributed by atoms with E-state index in [2.05, 4.69) is 25.7 Å². The van der Waals surface area contributed by atoms with Gasteiger partial charge in [-0.25, -0.2) is 0 Å². The first-order valence-electron chi connectivity index (χ1n) is 10.5. The number of anilines is 1. The van der Waals surface area contributed by atoms with Crippen molar-refractivity contribution < 1.29 is 9.53 Å². The summed E-state index contributed by atoms with van der Waals surface area (Å²) in [4.78, 5) is 12.3. The Bertz CT molecular complexity index is 1450. The van der Waals surface area contributed by atoms with Crippen LogP contribution < -0.4 is 10.1 Å². The average Bonchev–Trinajstić information content (AvgIpc) is 3.44. The molecule has 0 atom stereocenters. The van der Waals surface area contributed by atoms with Crippen molar-refractivity contribution in [3.8, 4) is 11.5 Å². The Hall–Kier alpha value is -4.65. The zero-order chi connectivity index (χ0) is 22.6. The van der Waals surface area contributed by atoms with Crippen LogP contribution in [-0.2, 0) is 0 Å². The van der Waals surface area contributed by atoms with Crippen LogP contribution in [0.5, 0.6) is 11.5 Å². The summed E-state index contributed by atoms with van der Waals surface area (Å²) in [7, 11) is 0. The highest BCUT2D eigenvalue weighted by Gasteiger charge is 2.10. The maximum atomic E-state index is 12.3. The molecule has 0 unspecified atom stereocenters. The molecule has 0 radical (unpaired) electrons. The van der Waals surface area contributed by atoms with E-state index < -0.39 is 0 Å². The van der Waals surface area contributed by atoms with E-state index in [1.807, 2.05) is 79.7 Å². The molecule has 0 aliphatic heterocycles. The fourth-order valence-corrected chi connectivity index (χ4v) is 3.45. The van der Waals surface area contributed by atoms with Crippen LogP contribution in [0.1, 0.15) is 27.4 Å². The first kappa shape index (κ1) is 20.3. The van der Waals surface area contributed by atoms with E-state index in [4.69, 9.17) is 4.74 Å². The minimum Gasteiger partial charge on any atom is -0.457 e. The molecular formula is C26H21N5O2. The van der Waals surface area contributed by atoms with Gasteiger partial charge in [-0.05, 0) is 48.9 Å². The van der Waals surface area contributed by atoms with Gasteiger partial charge in [-0.1, -0.05) is 42.5 Å². The van der Waals surface area contributed by atoms with Gasteiger partial charge in [0.2, 0.25) is 0 Å². The maximum absolute atomic E-state index is 12.3. The maximum Gasteiger partial charge on any atom is 0.276 e. The molecule has 3 aromatic carbocycles. The van der Waals surface area contributed by atoms with Crippen molar-refractivity contribution in [2.75, 3.05) is 5.32 Å². The molecule has 5 aromatic rings. The smallest absolute Gasteiger partial charge is 0.276 e. The largest absolute Gasteiger partial charge is 0.457 e. The summed E-state index contributed by atoms with van der Waals surface area (Å²) in [6, 6.07) is 24.8. The van der Waals surface area contributed by atoms with Gasteiger partial charge >= 0.3 is 0 Å². The van der Waals surface area contributed by atoms with Gasteiger partial charge in [-0.3, -0.25) is 15.0 Å². The van der Waals surface area contributed by atoms with Crippen LogP contribution in [-0.4, -0.2) is 26.3 Å². The molecular weight excluding hydrogens is 414 g/mol. The number of aromatic amines is 2. The number of amides is 1. The van der Waals surface area contributed by atoms with Crippen LogP contribution in [0, 0.1) is 6.92 Å². The zero-order valence-corrected chi connectivity index (χ0v) is 17.9. The van der Waals surface area contributed by atoms with Gasteiger partial charge in [0, 0.05) is 28.9 Å². The van der Waals surface area contributed by atoms with Crippen molar-refractivity contribution in [1.29, 1.82) is 0 Å². The van der Waals surface area contributed by atoms with Crippen LogP contribution in [0.15, 0.2) is 78.9 Å².